The zero-order chi connectivity index (χ0) is 12.0. The van der Waals surface area contributed by atoms with E-state index in [0.717, 1.165) is 11.5 Å². The van der Waals surface area contributed by atoms with Crippen molar-refractivity contribution in [3.63, 3.8) is 0 Å². The van der Waals surface area contributed by atoms with Gasteiger partial charge in [0.2, 0.25) is 0 Å². The summed E-state index contributed by atoms with van der Waals surface area (Å²) in [5, 5.41) is 8.59. The second-order valence-electron chi connectivity index (χ2n) is 3.77. The first kappa shape index (κ1) is 13.1. The Morgan fingerprint density at radius 2 is 2.06 bits per heavy atom. The lowest BCUT2D eigenvalue weighted by Gasteiger charge is -2.06. The normalized spacial score (nSPS) is 12.4. The largest absolute Gasteiger partial charge is 0.480 e. The molecule has 0 saturated heterocycles. The fourth-order valence-corrected chi connectivity index (χ4v) is 2.20. The fourth-order valence-electron chi connectivity index (χ4n) is 1.21. The van der Waals surface area contributed by atoms with Gasteiger partial charge in [-0.2, -0.15) is 11.8 Å². The highest BCUT2D eigenvalue weighted by molar-refractivity contribution is 7.98. The summed E-state index contributed by atoms with van der Waals surface area (Å²) in [6, 6.07) is 7.63. The third-order valence-electron chi connectivity index (χ3n) is 2.28. The summed E-state index contributed by atoms with van der Waals surface area (Å²) in [5.41, 5.74) is 7.92. The van der Waals surface area contributed by atoms with Crippen LogP contribution in [-0.2, 0) is 10.5 Å². The molecule has 1 aromatic carbocycles. The number of hydrogen-bond acceptors (Lipinski definition) is 3. The van der Waals surface area contributed by atoms with Gasteiger partial charge in [-0.1, -0.05) is 29.8 Å². The Morgan fingerprint density at radius 1 is 1.44 bits per heavy atom. The Labute approximate surface area is 100 Å². The van der Waals surface area contributed by atoms with E-state index in [2.05, 4.69) is 31.2 Å². The maximum atomic E-state index is 10.5. The van der Waals surface area contributed by atoms with Gasteiger partial charge >= 0.3 is 5.97 Å². The van der Waals surface area contributed by atoms with Crippen LogP contribution in [0.5, 0.6) is 0 Å². The number of aryl methyl sites for hydroxylation is 1. The van der Waals surface area contributed by atoms with Crippen LogP contribution in [0.15, 0.2) is 24.3 Å². The van der Waals surface area contributed by atoms with E-state index in [0.29, 0.717) is 6.42 Å². The van der Waals surface area contributed by atoms with Crippen molar-refractivity contribution in [3.05, 3.63) is 35.4 Å². The molecule has 0 aliphatic heterocycles. The van der Waals surface area contributed by atoms with E-state index >= 15 is 0 Å². The molecule has 0 aromatic heterocycles. The summed E-state index contributed by atoms with van der Waals surface area (Å²) in [6.45, 7) is 2.06. The molecule has 0 aliphatic carbocycles. The molecular formula is C12H17NO2S. The van der Waals surface area contributed by atoms with Crippen LogP contribution in [-0.4, -0.2) is 22.9 Å². The number of carbonyl (C=O) groups is 1. The van der Waals surface area contributed by atoms with Crippen LogP contribution in [0.3, 0.4) is 0 Å². The maximum Gasteiger partial charge on any atom is 0.320 e. The first-order valence-electron chi connectivity index (χ1n) is 5.21. The van der Waals surface area contributed by atoms with Crippen LogP contribution in [0.4, 0.5) is 0 Å². The number of aliphatic carboxylic acids is 1. The quantitative estimate of drug-likeness (QED) is 0.746. The summed E-state index contributed by atoms with van der Waals surface area (Å²) >= 11 is 1.71. The third kappa shape index (κ3) is 4.68. The summed E-state index contributed by atoms with van der Waals surface area (Å²) in [6.07, 6.45) is 0.520. The summed E-state index contributed by atoms with van der Waals surface area (Å²) in [5.74, 6) is 0.768. The summed E-state index contributed by atoms with van der Waals surface area (Å²) < 4.78 is 0. The number of carboxylic acid groups (broad SMARTS) is 1. The van der Waals surface area contributed by atoms with Crippen molar-refractivity contribution in [2.24, 2.45) is 5.73 Å². The fraction of sp³-hybridized carbons (Fsp3) is 0.417. The van der Waals surface area contributed by atoms with E-state index in [1.807, 2.05) is 0 Å². The summed E-state index contributed by atoms with van der Waals surface area (Å²) in [4.78, 5) is 10.5. The molecule has 1 unspecified atom stereocenters. The Hall–Kier alpha value is -1.00. The van der Waals surface area contributed by atoms with Crippen molar-refractivity contribution in [1.82, 2.24) is 0 Å². The van der Waals surface area contributed by atoms with Crippen LogP contribution in [0, 0.1) is 6.92 Å². The molecule has 0 amide bonds. The number of benzene rings is 1. The lowest BCUT2D eigenvalue weighted by atomic mass is 10.2. The van der Waals surface area contributed by atoms with Crippen LogP contribution in [0.2, 0.25) is 0 Å². The molecule has 16 heavy (non-hydrogen) atoms. The van der Waals surface area contributed by atoms with Crippen molar-refractivity contribution in [1.29, 1.82) is 0 Å². The first-order chi connectivity index (χ1) is 7.59. The Bertz CT molecular complexity index is 337. The predicted octanol–water partition coefficient (Wildman–Crippen LogP) is 2.03. The molecule has 3 N–H and O–H groups in total. The van der Waals surface area contributed by atoms with Crippen LogP contribution in [0.25, 0.3) is 0 Å². The smallest absolute Gasteiger partial charge is 0.320 e. The number of nitrogens with two attached hydrogens (primary N) is 1. The SMILES string of the molecule is Cc1ccc(CSCCC(N)C(=O)O)cc1. The van der Waals surface area contributed by atoms with Gasteiger partial charge < -0.3 is 10.8 Å². The van der Waals surface area contributed by atoms with Gasteiger partial charge in [0.25, 0.3) is 0 Å². The number of rotatable bonds is 6. The Balaban J connectivity index is 2.21. The van der Waals surface area contributed by atoms with Gasteiger partial charge in [-0.15, -0.1) is 0 Å². The molecule has 0 fully saturated rings. The molecule has 0 saturated carbocycles. The van der Waals surface area contributed by atoms with E-state index in [4.69, 9.17) is 10.8 Å². The van der Waals surface area contributed by atoms with Gasteiger partial charge in [0, 0.05) is 5.75 Å². The minimum absolute atomic E-state index is 0.520. The topological polar surface area (TPSA) is 63.3 Å². The average Bonchev–Trinajstić information content (AvgIpc) is 2.26. The maximum absolute atomic E-state index is 10.5. The van der Waals surface area contributed by atoms with Crippen molar-refractivity contribution < 1.29 is 9.90 Å². The second kappa shape index (κ2) is 6.55. The van der Waals surface area contributed by atoms with Crippen molar-refractivity contribution >= 4 is 17.7 Å². The Kier molecular flexibility index (Phi) is 5.35. The lowest BCUT2D eigenvalue weighted by Crippen LogP contribution is -2.30. The van der Waals surface area contributed by atoms with Crippen LogP contribution in [0.1, 0.15) is 17.5 Å². The van der Waals surface area contributed by atoms with Gasteiger partial charge in [0.05, 0.1) is 0 Å². The molecule has 0 heterocycles. The molecule has 0 aliphatic rings. The zero-order valence-electron chi connectivity index (χ0n) is 9.35. The Morgan fingerprint density at radius 3 is 2.62 bits per heavy atom. The van der Waals surface area contributed by atoms with Crippen LogP contribution >= 0.6 is 11.8 Å². The van der Waals surface area contributed by atoms with Gasteiger partial charge in [-0.3, -0.25) is 4.79 Å². The lowest BCUT2D eigenvalue weighted by molar-refractivity contribution is -0.138. The molecule has 0 bridgehead atoms. The van der Waals surface area contributed by atoms with Crippen molar-refractivity contribution in [2.75, 3.05) is 5.75 Å². The standard InChI is InChI=1S/C12H17NO2S/c1-9-2-4-10(5-3-9)8-16-7-6-11(13)12(14)15/h2-5,11H,6-8,13H2,1H3,(H,14,15). The minimum Gasteiger partial charge on any atom is -0.480 e. The van der Waals surface area contributed by atoms with Gasteiger partial charge in [-0.25, -0.2) is 0 Å². The predicted molar refractivity (Wildman–Crippen MR) is 67.6 cm³/mol. The van der Waals surface area contributed by atoms with Crippen LogP contribution < -0.4 is 5.73 Å². The van der Waals surface area contributed by atoms with E-state index in [1.54, 1.807) is 11.8 Å². The molecule has 4 heteroatoms. The molecule has 3 nitrogen and oxygen atoms in total. The molecule has 0 radical (unpaired) electrons. The van der Waals surface area contributed by atoms with Gasteiger partial charge in [0.15, 0.2) is 0 Å². The average molecular weight is 239 g/mol. The van der Waals surface area contributed by atoms with Gasteiger partial charge in [0.1, 0.15) is 6.04 Å². The first-order valence-corrected chi connectivity index (χ1v) is 6.36. The zero-order valence-corrected chi connectivity index (χ0v) is 10.2. The monoisotopic (exact) mass is 239 g/mol. The number of carboxylic acids is 1. The highest BCUT2D eigenvalue weighted by atomic mass is 32.2. The molecular weight excluding hydrogens is 222 g/mol. The molecule has 1 atom stereocenters. The van der Waals surface area contributed by atoms with E-state index < -0.39 is 12.0 Å². The second-order valence-corrected chi connectivity index (χ2v) is 4.88. The van der Waals surface area contributed by atoms with E-state index in [9.17, 15) is 4.79 Å². The van der Waals surface area contributed by atoms with Crippen molar-refractivity contribution in [2.45, 2.75) is 25.1 Å². The molecule has 88 valence electrons. The van der Waals surface area contributed by atoms with E-state index in [-0.39, 0.29) is 0 Å². The molecule has 1 rings (SSSR count). The van der Waals surface area contributed by atoms with Crippen molar-refractivity contribution in [3.8, 4) is 0 Å². The van der Waals surface area contributed by atoms with Gasteiger partial charge in [-0.05, 0) is 24.7 Å². The number of thioether (sulfide) groups is 1. The highest BCUT2D eigenvalue weighted by Crippen LogP contribution is 2.14. The highest BCUT2D eigenvalue weighted by Gasteiger charge is 2.10. The molecule has 1 aromatic rings. The number of hydrogen-bond donors (Lipinski definition) is 2. The van der Waals surface area contributed by atoms with E-state index in [1.165, 1.54) is 11.1 Å². The molecule has 0 spiro atoms. The summed E-state index contributed by atoms with van der Waals surface area (Å²) in [7, 11) is 0. The third-order valence-corrected chi connectivity index (χ3v) is 3.34. The minimum atomic E-state index is -0.920.